The second kappa shape index (κ2) is 5.81. The first kappa shape index (κ1) is 18.3. The van der Waals surface area contributed by atoms with E-state index in [0.29, 0.717) is 19.0 Å². The second-order valence-electron chi connectivity index (χ2n) is 8.62. The molecule has 2 fully saturated rings. The van der Waals surface area contributed by atoms with E-state index in [4.69, 9.17) is 14.0 Å². The van der Waals surface area contributed by atoms with Crippen molar-refractivity contribution in [3.05, 3.63) is 11.5 Å². The van der Waals surface area contributed by atoms with Crippen molar-refractivity contribution in [3.63, 3.8) is 0 Å². The average molecular weight is 323 g/mol. The molecule has 0 atom stereocenters. The summed E-state index contributed by atoms with van der Waals surface area (Å²) in [4.78, 5) is 13.7. The van der Waals surface area contributed by atoms with Gasteiger partial charge >= 0.3 is 13.2 Å². The molecule has 2 saturated heterocycles. The molecule has 6 heteroatoms. The number of likely N-dealkylation sites (tertiary alicyclic amines) is 1. The molecule has 5 nitrogen and oxygen atoms in total. The maximum atomic E-state index is 12.0. The zero-order chi connectivity index (χ0) is 17.6. The Morgan fingerprint density at radius 2 is 1.65 bits per heavy atom. The normalized spacial score (nSPS) is 24.6. The molecule has 2 aliphatic heterocycles. The largest absolute Gasteiger partial charge is 0.487 e. The van der Waals surface area contributed by atoms with E-state index < -0.39 is 5.60 Å². The summed E-state index contributed by atoms with van der Waals surface area (Å²) in [6.45, 7) is 17.3. The van der Waals surface area contributed by atoms with Crippen molar-refractivity contribution >= 4 is 13.2 Å². The highest BCUT2D eigenvalue weighted by Gasteiger charge is 2.50. The molecule has 23 heavy (non-hydrogen) atoms. The van der Waals surface area contributed by atoms with Crippen LogP contribution in [0.1, 0.15) is 55.4 Å². The van der Waals surface area contributed by atoms with Gasteiger partial charge in [0.05, 0.1) is 11.2 Å². The van der Waals surface area contributed by atoms with E-state index in [1.807, 2.05) is 54.4 Å². The summed E-state index contributed by atoms with van der Waals surface area (Å²) in [5, 5.41) is 0. The summed E-state index contributed by atoms with van der Waals surface area (Å²) in [7, 11) is -0.324. The molecule has 0 aliphatic carbocycles. The van der Waals surface area contributed by atoms with Crippen LogP contribution in [-0.4, -0.2) is 48.0 Å². The van der Waals surface area contributed by atoms with E-state index in [9.17, 15) is 4.79 Å². The Morgan fingerprint density at radius 1 is 1.17 bits per heavy atom. The zero-order valence-electron chi connectivity index (χ0n) is 15.7. The van der Waals surface area contributed by atoms with Gasteiger partial charge in [0.2, 0.25) is 0 Å². The lowest BCUT2D eigenvalue weighted by Gasteiger charge is -2.40. The first-order valence-electron chi connectivity index (χ1n) is 8.33. The average Bonchev–Trinajstić information content (AvgIpc) is 2.40. The molecule has 2 aliphatic rings. The van der Waals surface area contributed by atoms with Crippen molar-refractivity contribution in [1.82, 2.24) is 4.90 Å². The number of amides is 1. The van der Waals surface area contributed by atoms with Gasteiger partial charge in [0, 0.05) is 19.0 Å². The Kier molecular flexibility index (Phi) is 4.64. The van der Waals surface area contributed by atoms with Crippen molar-refractivity contribution in [1.29, 1.82) is 0 Å². The van der Waals surface area contributed by atoms with E-state index in [-0.39, 0.29) is 24.4 Å². The molecule has 0 N–H and O–H groups in total. The summed E-state index contributed by atoms with van der Waals surface area (Å²) in [5.74, 6) is 2.38. The van der Waals surface area contributed by atoms with Crippen molar-refractivity contribution in [2.75, 3.05) is 13.1 Å². The fraction of sp³-hybridized carbons (Fsp3) is 0.824. The second-order valence-corrected chi connectivity index (χ2v) is 8.62. The SMILES string of the molecule is C/C(=C\B1OC(C)(C)C(C)(C)O1)C1CN(C(=O)OC(C)(C)C)C1. The molecule has 0 spiro atoms. The Morgan fingerprint density at radius 3 is 2.09 bits per heavy atom. The van der Waals surface area contributed by atoms with Crippen molar-refractivity contribution in [2.45, 2.75) is 72.2 Å². The van der Waals surface area contributed by atoms with Crippen LogP contribution in [0.15, 0.2) is 11.5 Å². The van der Waals surface area contributed by atoms with E-state index in [0.717, 1.165) is 0 Å². The molecule has 1 amide bonds. The number of hydrogen-bond donors (Lipinski definition) is 0. The molecular weight excluding hydrogens is 293 g/mol. The van der Waals surface area contributed by atoms with Gasteiger partial charge in [0.15, 0.2) is 0 Å². The Hall–Kier alpha value is -1.01. The molecule has 0 radical (unpaired) electrons. The van der Waals surface area contributed by atoms with Crippen LogP contribution >= 0.6 is 0 Å². The molecule has 0 bridgehead atoms. The third-order valence-corrected chi connectivity index (χ3v) is 4.85. The van der Waals surface area contributed by atoms with Crippen LogP contribution in [0.2, 0.25) is 0 Å². The van der Waals surface area contributed by atoms with Crippen molar-refractivity contribution in [3.8, 4) is 0 Å². The number of rotatable bonds is 2. The van der Waals surface area contributed by atoms with E-state index >= 15 is 0 Å². The predicted molar refractivity (Wildman–Crippen MR) is 91.1 cm³/mol. The highest BCUT2D eigenvalue weighted by atomic mass is 16.7. The number of nitrogens with zero attached hydrogens (tertiary/aromatic N) is 1. The molecular formula is C17H30BNO4. The van der Waals surface area contributed by atoms with Gasteiger partial charge in [-0.05, 0) is 55.4 Å². The molecule has 2 heterocycles. The van der Waals surface area contributed by atoms with Gasteiger partial charge in [-0.25, -0.2) is 4.79 Å². The lowest BCUT2D eigenvalue weighted by Crippen LogP contribution is -2.52. The third-order valence-electron chi connectivity index (χ3n) is 4.85. The molecule has 0 aromatic heterocycles. The maximum absolute atomic E-state index is 12.0. The lowest BCUT2D eigenvalue weighted by atomic mass is 9.81. The van der Waals surface area contributed by atoms with Gasteiger partial charge in [0.1, 0.15) is 5.60 Å². The van der Waals surface area contributed by atoms with Gasteiger partial charge in [-0.2, -0.15) is 0 Å². The molecule has 0 aromatic carbocycles. The summed E-state index contributed by atoms with van der Waals surface area (Å²) in [5.41, 5.74) is 0.103. The monoisotopic (exact) mass is 323 g/mol. The van der Waals surface area contributed by atoms with Crippen molar-refractivity contribution < 1.29 is 18.8 Å². The number of ether oxygens (including phenoxy) is 1. The molecule has 2 rings (SSSR count). The minimum atomic E-state index is -0.449. The highest BCUT2D eigenvalue weighted by molar-refractivity contribution is 6.51. The molecule has 0 saturated carbocycles. The van der Waals surface area contributed by atoms with Gasteiger partial charge < -0.3 is 18.9 Å². The zero-order valence-corrected chi connectivity index (χ0v) is 15.7. The van der Waals surface area contributed by atoms with Gasteiger partial charge in [-0.3, -0.25) is 0 Å². The van der Waals surface area contributed by atoms with Crippen molar-refractivity contribution in [2.24, 2.45) is 5.92 Å². The number of carbonyl (C=O) groups excluding carboxylic acids is 1. The smallest absolute Gasteiger partial charge is 0.444 e. The van der Waals surface area contributed by atoms with Crippen LogP contribution < -0.4 is 0 Å². The number of hydrogen-bond acceptors (Lipinski definition) is 4. The maximum Gasteiger partial charge on any atom is 0.487 e. The Labute approximate surface area is 140 Å². The van der Waals surface area contributed by atoms with Gasteiger partial charge in [-0.15, -0.1) is 0 Å². The van der Waals surface area contributed by atoms with Crippen LogP contribution in [0.3, 0.4) is 0 Å². The fourth-order valence-electron chi connectivity index (χ4n) is 2.55. The number of carbonyl (C=O) groups is 1. The van der Waals surface area contributed by atoms with Crippen LogP contribution in [0.4, 0.5) is 4.79 Å². The van der Waals surface area contributed by atoms with E-state index in [1.165, 1.54) is 5.57 Å². The Bertz CT molecular complexity index is 485. The third kappa shape index (κ3) is 4.10. The van der Waals surface area contributed by atoms with E-state index in [1.54, 1.807) is 4.90 Å². The molecule has 130 valence electrons. The lowest BCUT2D eigenvalue weighted by molar-refractivity contribution is 0.00373. The predicted octanol–water partition coefficient (Wildman–Crippen LogP) is 3.43. The topological polar surface area (TPSA) is 48.0 Å². The van der Waals surface area contributed by atoms with Crippen LogP contribution in [-0.2, 0) is 14.0 Å². The van der Waals surface area contributed by atoms with Gasteiger partial charge in [0.25, 0.3) is 0 Å². The minimum Gasteiger partial charge on any atom is -0.444 e. The minimum absolute atomic E-state index is 0.239. The van der Waals surface area contributed by atoms with Crippen LogP contribution in [0.25, 0.3) is 0 Å². The Balaban J connectivity index is 1.87. The first-order valence-corrected chi connectivity index (χ1v) is 8.33. The molecule has 0 aromatic rings. The fourth-order valence-corrected chi connectivity index (χ4v) is 2.55. The summed E-state index contributed by atoms with van der Waals surface area (Å²) in [6.07, 6.45) is -0.239. The van der Waals surface area contributed by atoms with Crippen LogP contribution in [0.5, 0.6) is 0 Å². The van der Waals surface area contributed by atoms with Gasteiger partial charge in [-0.1, -0.05) is 11.5 Å². The summed E-state index contributed by atoms with van der Waals surface area (Å²) >= 11 is 0. The molecule has 0 unspecified atom stereocenters. The summed E-state index contributed by atoms with van der Waals surface area (Å²) < 4.78 is 17.4. The summed E-state index contributed by atoms with van der Waals surface area (Å²) in [6, 6.07) is 0. The van der Waals surface area contributed by atoms with Crippen LogP contribution in [0, 0.1) is 5.92 Å². The standard InChI is InChI=1S/C17H30BNO4/c1-12(9-18-22-16(5,6)17(7,8)23-18)13-10-19(11-13)14(20)21-15(2,3)4/h9,13H,10-11H2,1-8H3/b12-9+. The van der Waals surface area contributed by atoms with E-state index in [2.05, 4.69) is 6.92 Å². The quantitative estimate of drug-likeness (QED) is 0.731. The first-order chi connectivity index (χ1) is 10.3. The highest BCUT2D eigenvalue weighted by Crippen LogP contribution is 2.37.